The molecule has 0 spiro atoms. The van der Waals surface area contributed by atoms with Crippen LogP contribution >= 0.6 is 0 Å². The Morgan fingerprint density at radius 1 is 1.24 bits per heavy atom. The third kappa shape index (κ3) is 3.05. The van der Waals surface area contributed by atoms with Gasteiger partial charge in [-0.1, -0.05) is 12.1 Å². The van der Waals surface area contributed by atoms with E-state index in [1.165, 1.54) is 0 Å². The molecule has 1 aliphatic carbocycles. The highest BCUT2D eigenvalue weighted by Gasteiger charge is 2.25. The highest BCUT2D eigenvalue weighted by atomic mass is 16.1. The summed E-state index contributed by atoms with van der Waals surface area (Å²) in [5.41, 5.74) is 6.56. The lowest BCUT2D eigenvalue weighted by Crippen LogP contribution is -2.29. The fourth-order valence-electron chi connectivity index (χ4n) is 3.12. The number of pyridine rings is 1. The van der Waals surface area contributed by atoms with Gasteiger partial charge in [0.05, 0.1) is 5.69 Å². The highest BCUT2D eigenvalue weighted by Crippen LogP contribution is 2.30. The summed E-state index contributed by atoms with van der Waals surface area (Å²) in [5, 5.41) is 5.16. The van der Waals surface area contributed by atoms with Crippen molar-refractivity contribution in [1.82, 2.24) is 4.98 Å². The molecule has 21 heavy (non-hydrogen) atoms. The summed E-state index contributed by atoms with van der Waals surface area (Å²) in [5.74, 6) is 0.831. The van der Waals surface area contributed by atoms with Gasteiger partial charge in [-0.25, -0.2) is 0 Å². The molecule has 0 radical (unpaired) electrons. The van der Waals surface area contributed by atoms with Gasteiger partial charge in [-0.15, -0.1) is 0 Å². The maximum Gasteiger partial charge on any atom is 0.227 e. The molecule has 0 bridgehead atoms. The van der Waals surface area contributed by atoms with E-state index in [2.05, 4.69) is 10.3 Å². The Bertz CT molecular complexity index is 627. The number of nitrogens with two attached hydrogens (primary N) is 1. The van der Waals surface area contributed by atoms with E-state index in [0.717, 1.165) is 48.7 Å². The summed E-state index contributed by atoms with van der Waals surface area (Å²) < 4.78 is 0. The van der Waals surface area contributed by atoms with E-state index in [1.807, 2.05) is 24.3 Å². The zero-order valence-electron chi connectivity index (χ0n) is 12.1. The van der Waals surface area contributed by atoms with Gasteiger partial charge in [0, 0.05) is 23.7 Å². The number of rotatable bonds is 3. The van der Waals surface area contributed by atoms with Gasteiger partial charge in [0.2, 0.25) is 5.91 Å². The summed E-state index contributed by atoms with van der Waals surface area (Å²) in [6, 6.07) is 7.88. The number of hydrogen-bond acceptors (Lipinski definition) is 3. The van der Waals surface area contributed by atoms with Gasteiger partial charge in [0.25, 0.3) is 0 Å². The number of carbonyl (C=O) groups is 1. The average molecular weight is 283 g/mol. The Labute approximate surface area is 124 Å². The Morgan fingerprint density at radius 3 is 2.81 bits per heavy atom. The van der Waals surface area contributed by atoms with Crippen LogP contribution in [0.5, 0.6) is 0 Å². The van der Waals surface area contributed by atoms with Crippen LogP contribution in [0.15, 0.2) is 36.7 Å². The molecule has 2 aromatic rings. The number of amides is 1. The van der Waals surface area contributed by atoms with Crippen molar-refractivity contribution in [2.45, 2.75) is 25.7 Å². The molecule has 0 saturated heterocycles. The van der Waals surface area contributed by atoms with E-state index >= 15 is 0 Å². The number of carbonyl (C=O) groups excluding carboxylic acids is 1. The smallest absolute Gasteiger partial charge is 0.227 e. The van der Waals surface area contributed by atoms with Crippen LogP contribution in [0.3, 0.4) is 0 Å². The normalized spacial score (nSPS) is 22.1. The van der Waals surface area contributed by atoms with E-state index in [0.29, 0.717) is 5.92 Å². The predicted molar refractivity (Wildman–Crippen MR) is 84.9 cm³/mol. The minimum Gasteiger partial charge on any atom is -0.330 e. The molecule has 0 atom stereocenters. The molecular weight excluding hydrogens is 262 g/mol. The molecule has 3 N–H and O–H groups in total. The second kappa shape index (κ2) is 6.22. The number of nitrogens with one attached hydrogen (secondary N) is 1. The quantitative estimate of drug-likeness (QED) is 0.910. The monoisotopic (exact) mass is 283 g/mol. The molecule has 4 heteroatoms. The van der Waals surface area contributed by atoms with Crippen LogP contribution in [0.2, 0.25) is 0 Å². The molecule has 0 aliphatic heterocycles. The lowest BCUT2D eigenvalue weighted by atomic mass is 9.81. The van der Waals surface area contributed by atoms with Crippen molar-refractivity contribution in [1.29, 1.82) is 0 Å². The lowest BCUT2D eigenvalue weighted by Gasteiger charge is -2.26. The average Bonchev–Trinajstić information content (AvgIpc) is 2.55. The minimum atomic E-state index is 0.111. The van der Waals surface area contributed by atoms with Crippen molar-refractivity contribution in [3.8, 4) is 0 Å². The summed E-state index contributed by atoms with van der Waals surface area (Å²) in [6.45, 7) is 0.739. The topological polar surface area (TPSA) is 68.0 Å². The second-order valence-corrected chi connectivity index (χ2v) is 5.84. The van der Waals surface area contributed by atoms with Crippen LogP contribution in [-0.4, -0.2) is 17.4 Å². The van der Waals surface area contributed by atoms with Crippen molar-refractivity contribution < 1.29 is 4.79 Å². The van der Waals surface area contributed by atoms with Crippen LogP contribution in [0.1, 0.15) is 25.7 Å². The van der Waals surface area contributed by atoms with E-state index in [-0.39, 0.29) is 11.8 Å². The summed E-state index contributed by atoms with van der Waals surface area (Å²) in [6.07, 6.45) is 7.57. The molecule has 4 nitrogen and oxygen atoms in total. The first kappa shape index (κ1) is 14.0. The van der Waals surface area contributed by atoms with Crippen molar-refractivity contribution >= 4 is 22.4 Å². The molecule has 1 fully saturated rings. The van der Waals surface area contributed by atoms with Gasteiger partial charge < -0.3 is 11.1 Å². The van der Waals surface area contributed by atoms with Gasteiger partial charge in [-0.2, -0.15) is 0 Å². The van der Waals surface area contributed by atoms with E-state index in [4.69, 9.17) is 5.73 Å². The van der Waals surface area contributed by atoms with Gasteiger partial charge >= 0.3 is 0 Å². The molecule has 110 valence electrons. The fraction of sp³-hybridized carbons (Fsp3) is 0.412. The molecule has 1 aromatic carbocycles. The Balaban J connectivity index is 1.72. The first-order chi connectivity index (χ1) is 10.3. The highest BCUT2D eigenvalue weighted by molar-refractivity contribution is 6.02. The van der Waals surface area contributed by atoms with Crippen molar-refractivity contribution in [2.24, 2.45) is 17.6 Å². The fourth-order valence-corrected chi connectivity index (χ4v) is 3.12. The predicted octanol–water partition coefficient (Wildman–Crippen LogP) is 2.94. The minimum absolute atomic E-state index is 0.111. The molecule has 1 saturated carbocycles. The number of anilines is 1. The second-order valence-electron chi connectivity index (χ2n) is 5.84. The van der Waals surface area contributed by atoms with Gasteiger partial charge in [-0.05, 0) is 55.7 Å². The van der Waals surface area contributed by atoms with Crippen LogP contribution in [0.25, 0.3) is 10.8 Å². The molecule has 1 aliphatic rings. The Kier molecular flexibility index (Phi) is 4.15. The number of fused-ring (bicyclic) bond motifs is 1. The molecule has 1 aromatic heterocycles. The summed E-state index contributed by atoms with van der Waals surface area (Å²) in [4.78, 5) is 16.6. The third-order valence-electron chi connectivity index (χ3n) is 4.49. The molecule has 1 heterocycles. The van der Waals surface area contributed by atoms with Crippen LogP contribution in [0, 0.1) is 11.8 Å². The van der Waals surface area contributed by atoms with E-state index < -0.39 is 0 Å². The number of hydrogen-bond donors (Lipinski definition) is 2. The molecule has 1 amide bonds. The zero-order valence-corrected chi connectivity index (χ0v) is 12.1. The molecule has 3 rings (SSSR count). The number of nitrogens with zero attached hydrogens (tertiary/aromatic N) is 1. The van der Waals surface area contributed by atoms with Crippen molar-refractivity contribution in [3.05, 3.63) is 36.7 Å². The maximum absolute atomic E-state index is 12.4. The third-order valence-corrected chi connectivity index (χ3v) is 4.49. The van der Waals surface area contributed by atoms with Crippen molar-refractivity contribution in [2.75, 3.05) is 11.9 Å². The summed E-state index contributed by atoms with van der Waals surface area (Å²) in [7, 11) is 0. The Morgan fingerprint density at radius 2 is 2.05 bits per heavy atom. The van der Waals surface area contributed by atoms with E-state index in [1.54, 1.807) is 12.4 Å². The maximum atomic E-state index is 12.4. The molecule has 0 unspecified atom stereocenters. The number of benzene rings is 1. The van der Waals surface area contributed by atoms with Gasteiger partial charge in [-0.3, -0.25) is 9.78 Å². The lowest BCUT2D eigenvalue weighted by molar-refractivity contribution is -0.121. The van der Waals surface area contributed by atoms with Crippen LogP contribution < -0.4 is 11.1 Å². The van der Waals surface area contributed by atoms with Crippen molar-refractivity contribution in [3.63, 3.8) is 0 Å². The SMILES string of the molecule is NCC1CCC(C(=O)Nc2cccc3ccncc23)CC1. The van der Waals surface area contributed by atoms with E-state index in [9.17, 15) is 4.79 Å². The first-order valence-electron chi connectivity index (χ1n) is 7.61. The first-order valence-corrected chi connectivity index (χ1v) is 7.61. The van der Waals surface area contributed by atoms with Gasteiger partial charge in [0.15, 0.2) is 0 Å². The Hall–Kier alpha value is -1.94. The zero-order chi connectivity index (χ0) is 14.7. The number of aromatic nitrogens is 1. The van der Waals surface area contributed by atoms with Gasteiger partial charge in [0.1, 0.15) is 0 Å². The molecular formula is C17H21N3O. The van der Waals surface area contributed by atoms with Crippen LogP contribution in [-0.2, 0) is 4.79 Å². The van der Waals surface area contributed by atoms with Crippen LogP contribution in [0.4, 0.5) is 5.69 Å². The summed E-state index contributed by atoms with van der Waals surface area (Å²) >= 11 is 0. The largest absolute Gasteiger partial charge is 0.330 e. The standard InChI is InChI=1S/C17H21N3O/c18-10-12-4-6-14(7-5-12)17(21)20-16-3-1-2-13-8-9-19-11-15(13)16/h1-3,8-9,11-12,14H,4-7,10,18H2,(H,20,21).